The maximum Gasteiger partial charge on any atom is 0.379 e. The van der Waals surface area contributed by atoms with Gasteiger partial charge in [-0.3, -0.25) is 4.79 Å². The first-order valence-electron chi connectivity index (χ1n) is 3.84. The summed E-state index contributed by atoms with van der Waals surface area (Å²) in [5.41, 5.74) is 6.22. The maximum atomic E-state index is 10.6. The summed E-state index contributed by atoms with van der Waals surface area (Å²) in [6.07, 6.45) is 1.38. The van der Waals surface area contributed by atoms with Gasteiger partial charge in [-0.1, -0.05) is 0 Å². The van der Waals surface area contributed by atoms with Crippen LogP contribution in [0.25, 0.3) is 11.2 Å². The van der Waals surface area contributed by atoms with Gasteiger partial charge in [0.05, 0.1) is 6.33 Å². The van der Waals surface area contributed by atoms with Crippen molar-refractivity contribution in [1.82, 2.24) is 19.9 Å². The number of nitrogens with zero attached hydrogens (tertiary/aromatic N) is 3. The van der Waals surface area contributed by atoms with Crippen LogP contribution in [0.1, 0.15) is 0 Å². The second-order valence-corrected chi connectivity index (χ2v) is 2.53. The number of carbonyl (C=O) groups is 2. The number of H-pyrrole nitrogens is 1. The molecular weight excluding hydrogens is 202 g/mol. The Morgan fingerprint density at radius 2 is 2.33 bits per heavy atom. The number of hydrogen-bond acceptors (Lipinski definition) is 7. The van der Waals surface area contributed by atoms with Crippen molar-refractivity contribution < 1.29 is 14.3 Å². The van der Waals surface area contributed by atoms with E-state index in [2.05, 4.69) is 24.7 Å². The number of aromatic amines is 1. The fourth-order valence-corrected chi connectivity index (χ4v) is 0.995. The van der Waals surface area contributed by atoms with Gasteiger partial charge in [0.15, 0.2) is 11.5 Å². The van der Waals surface area contributed by atoms with E-state index in [4.69, 9.17) is 5.73 Å². The van der Waals surface area contributed by atoms with E-state index >= 15 is 0 Å². The molecule has 2 heterocycles. The summed E-state index contributed by atoms with van der Waals surface area (Å²) in [6, 6.07) is -0.302. The lowest BCUT2D eigenvalue weighted by Crippen LogP contribution is -2.11. The number of hydrogen-bond donors (Lipinski definition) is 2. The van der Waals surface area contributed by atoms with Crippen LogP contribution in [-0.2, 0) is 9.59 Å². The molecule has 0 amide bonds. The zero-order valence-electron chi connectivity index (χ0n) is 7.30. The van der Waals surface area contributed by atoms with Crippen LogP contribution < -0.4 is 10.5 Å². The van der Waals surface area contributed by atoms with Gasteiger partial charge in [0, 0.05) is 0 Å². The Bertz CT molecular complexity index is 534. The van der Waals surface area contributed by atoms with E-state index in [0.717, 1.165) is 0 Å². The van der Waals surface area contributed by atoms with Gasteiger partial charge in [0.25, 0.3) is 0 Å². The Morgan fingerprint density at radius 3 is 3.07 bits per heavy atom. The van der Waals surface area contributed by atoms with E-state index in [1.54, 1.807) is 0 Å². The monoisotopic (exact) mass is 207 g/mol. The lowest BCUT2D eigenvalue weighted by Gasteiger charge is -1.99. The molecule has 0 aliphatic rings. The topological polar surface area (TPSA) is 124 Å². The first-order chi connectivity index (χ1) is 7.20. The molecule has 0 saturated carbocycles. The number of fused-ring (bicyclic) bond motifs is 1. The molecule has 8 nitrogen and oxygen atoms in total. The maximum absolute atomic E-state index is 10.6. The van der Waals surface area contributed by atoms with Gasteiger partial charge in [0.1, 0.15) is 5.52 Å². The number of aromatic nitrogens is 4. The molecule has 0 aliphatic heterocycles. The third-order valence-electron chi connectivity index (χ3n) is 1.58. The number of rotatable bonds is 2. The van der Waals surface area contributed by atoms with E-state index in [9.17, 15) is 9.59 Å². The van der Waals surface area contributed by atoms with Crippen molar-refractivity contribution in [2.45, 2.75) is 0 Å². The normalized spacial score (nSPS) is 10.1. The van der Waals surface area contributed by atoms with Crippen molar-refractivity contribution >= 4 is 29.2 Å². The molecule has 2 rings (SSSR count). The highest BCUT2D eigenvalue weighted by molar-refractivity contribution is 6.21. The van der Waals surface area contributed by atoms with E-state index in [1.165, 1.54) is 6.33 Å². The molecule has 15 heavy (non-hydrogen) atoms. The SMILES string of the molecule is Nc1nc(OC(=O)C=O)nc2nc[nH]c12. The molecule has 0 bridgehead atoms. The van der Waals surface area contributed by atoms with Crippen molar-refractivity contribution in [3.63, 3.8) is 0 Å². The standard InChI is InChI=1S/C7H5N5O3/c8-5-4-6(10-2-9-4)12-7(11-5)15-3(14)1-13/h1-2H,(H3,8,9,10,11,12). The highest BCUT2D eigenvalue weighted by Gasteiger charge is 2.10. The Hall–Kier alpha value is -2.51. The number of anilines is 1. The number of esters is 1. The molecule has 0 aromatic carbocycles. The van der Waals surface area contributed by atoms with Crippen molar-refractivity contribution in [3.05, 3.63) is 6.33 Å². The van der Waals surface area contributed by atoms with Gasteiger partial charge in [-0.05, 0) is 0 Å². The molecule has 0 spiro atoms. The summed E-state index contributed by atoms with van der Waals surface area (Å²) in [5, 5.41) is 0. The zero-order valence-corrected chi connectivity index (χ0v) is 7.30. The molecule has 0 fully saturated rings. The predicted octanol–water partition coefficient (Wildman–Crippen LogP) is -0.961. The quantitative estimate of drug-likeness (QED) is 0.369. The predicted molar refractivity (Wildman–Crippen MR) is 47.8 cm³/mol. The van der Waals surface area contributed by atoms with Gasteiger partial charge in [-0.2, -0.15) is 9.97 Å². The fraction of sp³-hybridized carbons (Fsp3) is 0. The van der Waals surface area contributed by atoms with Crippen molar-refractivity contribution in [1.29, 1.82) is 0 Å². The molecule has 2 aromatic heterocycles. The average Bonchev–Trinajstić information content (AvgIpc) is 2.66. The van der Waals surface area contributed by atoms with Crippen LogP contribution in [0.4, 0.5) is 5.82 Å². The first-order valence-corrected chi connectivity index (χ1v) is 3.84. The summed E-state index contributed by atoms with van der Waals surface area (Å²) < 4.78 is 4.46. The number of carbonyl (C=O) groups excluding carboxylic acids is 2. The lowest BCUT2D eigenvalue weighted by molar-refractivity contribution is -0.141. The third-order valence-corrected chi connectivity index (χ3v) is 1.58. The number of ether oxygens (including phenoxy) is 1. The largest absolute Gasteiger partial charge is 0.385 e. The molecule has 0 saturated heterocycles. The minimum Gasteiger partial charge on any atom is -0.385 e. The molecule has 0 radical (unpaired) electrons. The Balaban J connectivity index is 2.44. The summed E-state index contributed by atoms with van der Waals surface area (Å²) >= 11 is 0. The molecule has 3 N–H and O–H groups in total. The van der Waals surface area contributed by atoms with E-state index in [1.807, 2.05) is 0 Å². The number of nitrogens with two attached hydrogens (primary N) is 1. The molecular formula is C7H5N5O3. The molecule has 0 unspecified atom stereocenters. The van der Waals surface area contributed by atoms with Crippen LogP contribution >= 0.6 is 0 Å². The molecule has 2 aromatic rings. The number of imidazole rings is 1. The van der Waals surface area contributed by atoms with Crippen LogP contribution in [0.15, 0.2) is 6.33 Å². The second-order valence-electron chi connectivity index (χ2n) is 2.53. The highest BCUT2D eigenvalue weighted by Crippen LogP contribution is 2.16. The number of nitrogen functional groups attached to an aromatic ring is 1. The lowest BCUT2D eigenvalue weighted by atomic mass is 10.5. The molecule has 76 valence electrons. The van der Waals surface area contributed by atoms with E-state index in [0.29, 0.717) is 5.52 Å². The average molecular weight is 207 g/mol. The van der Waals surface area contributed by atoms with Crippen LogP contribution in [0.5, 0.6) is 6.01 Å². The van der Waals surface area contributed by atoms with Gasteiger partial charge in [-0.15, -0.1) is 0 Å². The van der Waals surface area contributed by atoms with E-state index in [-0.39, 0.29) is 23.8 Å². The molecule has 0 aliphatic carbocycles. The van der Waals surface area contributed by atoms with Crippen molar-refractivity contribution in [2.24, 2.45) is 0 Å². The number of aldehydes is 1. The smallest absolute Gasteiger partial charge is 0.379 e. The molecule has 0 atom stereocenters. The minimum atomic E-state index is -1.09. The summed E-state index contributed by atoms with van der Waals surface area (Å²) in [6.45, 7) is 0. The Labute approximate surface area is 82.5 Å². The van der Waals surface area contributed by atoms with Crippen molar-refractivity contribution in [2.75, 3.05) is 5.73 Å². The Morgan fingerprint density at radius 1 is 1.53 bits per heavy atom. The zero-order chi connectivity index (χ0) is 10.8. The van der Waals surface area contributed by atoms with Crippen molar-refractivity contribution in [3.8, 4) is 6.01 Å². The fourth-order valence-electron chi connectivity index (χ4n) is 0.995. The summed E-state index contributed by atoms with van der Waals surface area (Å²) in [5.74, 6) is -1.00. The first kappa shape index (κ1) is 9.06. The van der Waals surface area contributed by atoms with Crippen LogP contribution in [-0.4, -0.2) is 32.2 Å². The van der Waals surface area contributed by atoms with Gasteiger partial charge in [0.2, 0.25) is 6.29 Å². The highest BCUT2D eigenvalue weighted by atomic mass is 16.6. The minimum absolute atomic E-state index is 0.00823. The molecule has 8 heteroatoms. The second kappa shape index (κ2) is 3.33. The van der Waals surface area contributed by atoms with Crippen LogP contribution in [0.2, 0.25) is 0 Å². The van der Waals surface area contributed by atoms with Crippen LogP contribution in [0.3, 0.4) is 0 Å². The van der Waals surface area contributed by atoms with Crippen LogP contribution in [0, 0.1) is 0 Å². The van der Waals surface area contributed by atoms with Gasteiger partial charge in [-0.25, -0.2) is 9.78 Å². The van der Waals surface area contributed by atoms with Gasteiger partial charge < -0.3 is 15.5 Å². The number of nitrogens with one attached hydrogen (secondary N) is 1. The summed E-state index contributed by atoms with van der Waals surface area (Å²) in [4.78, 5) is 34.6. The summed E-state index contributed by atoms with van der Waals surface area (Å²) in [7, 11) is 0. The van der Waals surface area contributed by atoms with Gasteiger partial charge >= 0.3 is 12.0 Å². The Kier molecular flexibility index (Phi) is 2.01. The third kappa shape index (κ3) is 1.59. The van der Waals surface area contributed by atoms with E-state index < -0.39 is 5.97 Å².